The maximum atomic E-state index is 12.0. The molecule has 0 aliphatic heterocycles. The van der Waals surface area contributed by atoms with Gasteiger partial charge in [-0.05, 0) is 50.1 Å². The molecule has 2 rings (SSSR count). The van der Waals surface area contributed by atoms with Gasteiger partial charge in [-0.3, -0.25) is 14.4 Å². The van der Waals surface area contributed by atoms with Crippen molar-refractivity contribution in [3.05, 3.63) is 65.7 Å². The SMILES string of the molecule is CCOC(=O)c1ccc(NC(=O)CCCC(=O)OCC(=O)N[C@@H](C)c2ccccc2)cc1. The third-order valence-corrected chi connectivity index (χ3v) is 4.51. The van der Waals surface area contributed by atoms with Gasteiger partial charge in [0.05, 0.1) is 18.2 Å². The van der Waals surface area contributed by atoms with E-state index in [0.29, 0.717) is 11.3 Å². The van der Waals surface area contributed by atoms with Gasteiger partial charge in [0.2, 0.25) is 5.91 Å². The molecule has 0 aliphatic carbocycles. The van der Waals surface area contributed by atoms with E-state index >= 15 is 0 Å². The van der Waals surface area contributed by atoms with Crippen molar-refractivity contribution in [1.82, 2.24) is 5.32 Å². The van der Waals surface area contributed by atoms with Crippen molar-refractivity contribution in [1.29, 1.82) is 0 Å². The number of carbonyl (C=O) groups is 4. The van der Waals surface area contributed by atoms with Gasteiger partial charge in [-0.25, -0.2) is 4.79 Å². The summed E-state index contributed by atoms with van der Waals surface area (Å²) in [7, 11) is 0. The van der Waals surface area contributed by atoms with E-state index in [2.05, 4.69) is 10.6 Å². The molecule has 2 N–H and O–H groups in total. The Labute approximate surface area is 187 Å². The fraction of sp³-hybridized carbons (Fsp3) is 0.333. The minimum Gasteiger partial charge on any atom is -0.462 e. The van der Waals surface area contributed by atoms with Crippen LogP contribution < -0.4 is 10.6 Å². The predicted molar refractivity (Wildman–Crippen MR) is 119 cm³/mol. The lowest BCUT2D eigenvalue weighted by Gasteiger charge is -2.14. The normalized spacial score (nSPS) is 11.2. The third kappa shape index (κ3) is 8.59. The number of esters is 2. The van der Waals surface area contributed by atoms with Gasteiger partial charge in [0, 0.05) is 18.5 Å². The first-order valence-electron chi connectivity index (χ1n) is 10.5. The number of hydrogen-bond acceptors (Lipinski definition) is 6. The Hall–Kier alpha value is -3.68. The molecule has 0 saturated carbocycles. The topological polar surface area (TPSA) is 111 Å². The molecule has 2 aromatic rings. The fourth-order valence-electron chi connectivity index (χ4n) is 2.85. The number of carbonyl (C=O) groups excluding carboxylic acids is 4. The van der Waals surface area contributed by atoms with E-state index in [-0.39, 0.29) is 44.4 Å². The first kappa shape index (κ1) is 24.6. The zero-order chi connectivity index (χ0) is 23.3. The Kier molecular flexibility index (Phi) is 9.90. The monoisotopic (exact) mass is 440 g/mol. The number of hydrogen-bond donors (Lipinski definition) is 2. The van der Waals surface area contributed by atoms with Crippen molar-refractivity contribution in [3.63, 3.8) is 0 Å². The summed E-state index contributed by atoms with van der Waals surface area (Å²) >= 11 is 0. The Morgan fingerprint density at radius 2 is 1.56 bits per heavy atom. The molecule has 0 radical (unpaired) electrons. The number of ether oxygens (including phenoxy) is 2. The van der Waals surface area contributed by atoms with Crippen LogP contribution in [0.15, 0.2) is 54.6 Å². The first-order valence-corrected chi connectivity index (χ1v) is 10.5. The lowest BCUT2D eigenvalue weighted by Crippen LogP contribution is -2.31. The zero-order valence-corrected chi connectivity index (χ0v) is 18.3. The van der Waals surface area contributed by atoms with Crippen LogP contribution in [0.5, 0.6) is 0 Å². The Bertz CT molecular complexity index is 912. The molecule has 2 aromatic carbocycles. The van der Waals surface area contributed by atoms with Crippen LogP contribution in [0.4, 0.5) is 5.69 Å². The molecule has 170 valence electrons. The van der Waals surface area contributed by atoms with Gasteiger partial charge in [-0.15, -0.1) is 0 Å². The smallest absolute Gasteiger partial charge is 0.338 e. The highest BCUT2D eigenvalue weighted by Crippen LogP contribution is 2.12. The molecule has 0 spiro atoms. The van der Waals surface area contributed by atoms with Crippen LogP contribution in [-0.2, 0) is 23.9 Å². The highest BCUT2D eigenvalue weighted by atomic mass is 16.5. The molecule has 0 fully saturated rings. The van der Waals surface area contributed by atoms with Gasteiger partial charge in [0.25, 0.3) is 5.91 Å². The summed E-state index contributed by atoms with van der Waals surface area (Å²) in [5.41, 5.74) is 1.89. The van der Waals surface area contributed by atoms with E-state index in [1.165, 1.54) is 0 Å². The van der Waals surface area contributed by atoms with Crippen LogP contribution in [0.2, 0.25) is 0 Å². The van der Waals surface area contributed by atoms with E-state index in [9.17, 15) is 19.2 Å². The number of rotatable bonds is 11. The summed E-state index contributed by atoms with van der Waals surface area (Å²) in [6.45, 7) is 3.49. The summed E-state index contributed by atoms with van der Waals surface area (Å²) < 4.78 is 9.87. The van der Waals surface area contributed by atoms with Crippen LogP contribution in [0.3, 0.4) is 0 Å². The fourth-order valence-corrected chi connectivity index (χ4v) is 2.85. The van der Waals surface area contributed by atoms with Crippen molar-refractivity contribution in [2.45, 2.75) is 39.2 Å². The summed E-state index contributed by atoms with van der Waals surface area (Å²) in [6, 6.07) is 15.6. The molecule has 0 bridgehead atoms. The van der Waals surface area contributed by atoms with E-state index in [1.807, 2.05) is 37.3 Å². The summed E-state index contributed by atoms with van der Waals surface area (Å²) in [5.74, 6) is -1.62. The molecule has 8 heteroatoms. The van der Waals surface area contributed by atoms with Gasteiger partial charge in [0.1, 0.15) is 0 Å². The first-order chi connectivity index (χ1) is 15.4. The number of anilines is 1. The van der Waals surface area contributed by atoms with Crippen molar-refractivity contribution in [2.75, 3.05) is 18.5 Å². The molecular weight excluding hydrogens is 412 g/mol. The minimum atomic E-state index is -0.542. The molecule has 0 saturated heterocycles. The maximum absolute atomic E-state index is 12.0. The van der Waals surface area contributed by atoms with Crippen LogP contribution in [0, 0.1) is 0 Å². The summed E-state index contributed by atoms with van der Waals surface area (Å²) in [4.78, 5) is 47.4. The molecule has 0 aliphatic rings. The van der Waals surface area contributed by atoms with Crippen molar-refractivity contribution >= 4 is 29.4 Å². The van der Waals surface area contributed by atoms with Gasteiger partial charge in [-0.1, -0.05) is 30.3 Å². The maximum Gasteiger partial charge on any atom is 0.338 e. The summed E-state index contributed by atoms with van der Waals surface area (Å²) in [5, 5.41) is 5.46. The van der Waals surface area contributed by atoms with Crippen molar-refractivity contribution < 1.29 is 28.7 Å². The number of amides is 2. The zero-order valence-electron chi connectivity index (χ0n) is 18.3. The predicted octanol–water partition coefficient (Wildman–Crippen LogP) is 3.39. The van der Waals surface area contributed by atoms with Gasteiger partial charge in [-0.2, -0.15) is 0 Å². The average molecular weight is 440 g/mol. The molecule has 0 aromatic heterocycles. The van der Waals surface area contributed by atoms with Crippen molar-refractivity contribution in [2.24, 2.45) is 0 Å². The molecule has 1 atom stereocenters. The van der Waals surface area contributed by atoms with Crippen molar-refractivity contribution in [3.8, 4) is 0 Å². The molecule has 32 heavy (non-hydrogen) atoms. The highest BCUT2D eigenvalue weighted by molar-refractivity contribution is 5.93. The minimum absolute atomic E-state index is 0.0245. The van der Waals surface area contributed by atoms with Crippen LogP contribution in [-0.4, -0.2) is 37.0 Å². The number of nitrogens with one attached hydrogen (secondary N) is 2. The highest BCUT2D eigenvalue weighted by Gasteiger charge is 2.13. The number of benzene rings is 2. The standard InChI is InChI=1S/C24H28N2O6/c1-3-31-24(30)19-12-14-20(15-13-19)26-21(27)10-7-11-23(29)32-16-22(28)25-17(2)18-8-5-4-6-9-18/h4-6,8-9,12-15,17H,3,7,10-11,16H2,1-2H3,(H,25,28)(H,26,27)/t17-/m0/s1. The molecule has 0 heterocycles. The van der Waals surface area contributed by atoms with Gasteiger partial charge in [0.15, 0.2) is 6.61 Å². The van der Waals surface area contributed by atoms with Gasteiger partial charge < -0.3 is 20.1 Å². The Morgan fingerprint density at radius 3 is 2.22 bits per heavy atom. The van der Waals surface area contributed by atoms with Crippen LogP contribution in [0.1, 0.15) is 55.1 Å². The Balaban J connectivity index is 1.63. The van der Waals surface area contributed by atoms with E-state index in [4.69, 9.17) is 9.47 Å². The second-order valence-electron chi connectivity index (χ2n) is 7.06. The van der Waals surface area contributed by atoms with Gasteiger partial charge >= 0.3 is 11.9 Å². The molecule has 8 nitrogen and oxygen atoms in total. The lowest BCUT2D eigenvalue weighted by molar-refractivity contribution is -0.148. The largest absolute Gasteiger partial charge is 0.462 e. The molecular formula is C24H28N2O6. The van der Waals surface area contributed by atoms with E-state index in [0.717, 1.165) is 5.56 Å². The second-order valence-corrected chi connectivity index (χ2v) is 7.06. The molecule has 0 unspecified atom stereocenters. The Morgan fingerprint density at radius 1 is 0.875 bits per heavy atom. The third-order valence-electron chi connectivity index (χ3n) is 4.51. The quantitative estimate of drug-likeness (QED) is 0.518. The van der Waals surface area contributed by atoms with E-state index in [1.54, 1.807) is 31.2 Å². The lowest BCUT2D eigenvalue weighted by atomic mass is 10.1. The van der Waals surface area contributed by atoms with Crippen LogP contribution >= 0.6 is 0 Å². The summed E-state index contributed by atoms with van der Waals surface area (Å²) in [6.07, 6.45) is 0.427. The van der Waals surface area contributed by atoms with E-state index < -0.39 is 17.8 Å². The average Bonchev–Trinajstić information content (AvgIpc) is 2.79. The molecule has 2 amide bonds. The second kappa shape index (κ2) is 12.9. The van der Waals surface area contributed by atoms with Crippen LogP contribution in [0.25, 0.3) is 0 Å².